The van der Waals surface area contributed by atoms with Crippen LogP contribution >= 0.6 is 27.5 Å². The van der Waals surface area contributed by atoms with E-state index in [0.29, 0.717) is 11.4 Å². The van der Waals surface area contributed by atoms with Gasteiger partial charge in [0, 0.05) is 24.1 Å². The number of rotatable bonds is 4. The fraction of sp³-hybridized carbons (Fsp3) is 0.400. The molecule has 0 spiro atoms. The number of nitrogens with zero attached hydrogens (tertiary/aromatic N) is 2. The number of hydrogen-bond donors (Lipinski definition) is 1. The molecule has 5 heteroatoms. The second-order valence-corrected chi connectivity index (χ2v) is 6.32. The molecule has 0 saturated heterocycles. The van der Waals surface area contributed by atoms with Crippen molar-refractivity contribution < 1.29 is 5.11 Å². The molecule has 1 unspecified atom stereocenters. The summed E-state index contributed by atoms with van der Waals surface area (Å²) in [6.45, 7) is 3.84. The average molecular weight is 358 g/mol. The molecule has 1 aromatic heterocycles. The minimum absolute atomic E-state index is 0.445. The van der Waals surface area contributed by atoms with Crippen LogP contribution in [-0.2, 0) is 25.5 Å². The molecule has 3 nitrogen and oxygen atoms in total. The molecule has 1 aromatic carbocycles. The van der Waals surface area contributed by atoms with E-state index in [2.05, 4.69) is 28.0 Å². The van der Waals surface area contributed by atoms with Gasteiger partial charge in [-0.25, -0.2) is 0 Å². The molecule has 108 valence electrons. The molecule has 0 saturated carbocycles. The Morgan fingerprint density at radius 3 is 2.60 bits per heavy atom. The average Bonchev–Trinajstić information content (AvgIpc) is 2.66. The summed E-state index contributed by atoms with van der Waals surface area (Å²) in [5.41, 5.74) is 1.65. The molecule has 0 bridgehead atoms. The summed E-state index contributed by atoms with van der Waals surface area (Å²) in [5, 5.41) is 15.8. The van der Waals surface area contributed by atoms with E-state index >= 15 is 0 Å². The zero-order valence-electron chi connectivity index (χ0n) is 11.8. The molecule has 2 rings (SSSR count). The Morgan fingerprint density at radius 1 is 1.40 bits per heavy atom. The van der Waals surface area contributed by atoms with Gasteiger partial charge in [-0.05, 0) is 35.3 Å². The Labute approximate surface area is 132 Å². The summed E-state index contributed by atoms with van der Waals surface area (Å²) in [4.78, 5) is 0. The van der Waals surface area contributed by atoms with E-state index < -0.39 is 5.60 Å². The number of benzene rings is 1. The van der Waals surface area contributed by atoms with Gasteiger partial charge in [-0.15, -0.1) is 0 Å². The number of aryl methyl sites for hydroxylation is 2. The second kappa shape index (κ2) is 5.88. The first-order chi connectivity index (χ1) is 9.36. The van der Waals surface area contributed by atoms with Crippen molar-refractivity contribution in [2.24, 2.45) is 7.05 Å². The molecule has 0 aliphatic carbocycles. The first-order valence-electron chi connectivity index (χ1n) is 6.54. The van der Waals surface area contributed by atoms with Crippen LogP contribution in [0, 0.1) is 0 Å². The van der Waals surface area contributed by atoms with Crippen molar-refractivity contribution in [2.45, 2.75) is 32.3 Å². The highest BCUT2D eigenvalue weighted by Gasteiger charge is 2.29. The summed E-state index contributed by atoms with van der Waals surface area (Å²) in [5.74, 6) is 0. The second-order valence-electron chi connectivity index (χ2n) is 5.12. The van der Waals surface area contributed by atoms with Crippen molar-refractivity contribution in [2.75, 3.05) is 0 Å². The number of halogens is 2. The molecule has 0 aliphatic heterocycles. The zero-order valence-corrected chi connectivity index (χ0v) is 14.2. The molecule has 1 N–H and O–H groups in total. The van der Waals surface area contributed by atoms with Crippen LogP contribution < -0.4 is 0 Å². The Hall–Kier alpha value is -0.840. The van der Waals surface area contributed by atoms with Crippen molar-refractivity contribution in [1.82, 2.24) is 9.78 Å². The largest absolute Gasteiger partial charge is 0.385 e. The SMILES string of the molecule is CCc1nn(C)c(CC(C)(O)c2ccccc2Cl)c1Br. The predicted molar refractivity (Wildman–Crippen MR) is 85.0 cm³/mol. The quantitative estimate of drug-likeness (QED) is 0.902. The van der Waals surface area contributed by atoms with Gasteiger partial charge >= 0.3 is 0 Å². The number of aliphatic hydroxyl groups is 1. The minimum atomic E-state index is -1.04. The third-order valence-corrected chi connectivity index (χ3v) is 4.71. The predicted octanol–water partition coefficient (Wildman–Crippen LogP) is 3.85. The third kappa shape index (κ3) is 2.92. The van der Waals surface area contributed by atoms with Gasteiger partial charge in [0.05, 0.1) is 21.5 Å². The van der Waals surface area contributed by atoms with Crippen LogP contribution in [0.3, 0.4) is 0 Å². The summed E-state index contributed by atoms with van der Waals surface area (Å²) in [6, 6.07) is 7.39. The maximum atomic E-state index is 10.8. The standard InChI is InChI=1S/C15H18BrClN2O/c1-4-12-14(16)13(19(3)18-12)9-15(2,20)10-7-5-6-8-11(10)17/h5-8,20H,4,9H2,1-3H3. The lowest BCUT2D eigenvalue weighted by atomic mass is 9.91. The Morgan fingerprint density at radius 2 is 2.05 bits per heavy atom. The van der Waals surface area contributed by atoms with Crippen molar-refractivity contribution in [1.29, 1.82) is 0 Å². The zero-order chi connectivity index (χ0) is 14.9. The van der Waals surface area contributed by atoms with Crippen LogP contribution in [0.4, 0.5) is 0 Å². The minimum Gasteiger partial charge on any atom is -0.385 e. The van der Waals surface area contributed by atoms with E-state index in [1.165, 1.54) is 0 Å². The molecule has 2 aromatic rings. The third-order valence-electron chi connectivity index (χ3n) is 3.47. The molecule has 1 atom stereocenters. The fourth-order valence-corrected chi connectivity index (χ4v) is 3.43. The van der Waals surface area contributed by atoms with E-state index in [4.69, 9.17) is 11.6 Å². The lowest BCUT2D eigenvalue weighted by Gasteiger charge is -2.25. The van der Waals surface area contributed by atoms with Crippen molar-refractivity contribution >= 4 is 27.5 Å². The molecular formula is C15H18BrClN2O. The molecule has 0 radical (unpaired) electrons. The molecule has 1 heterocycles. The van der Waals surface area contributed by atoms with Crippen LogP contribution in [0.5, 0.6) is 0 Å². The van der Waals surface area contributed by atoms with E-state index in [1.54, 1.807) is 13.0 Å². The topological polar surface area (TPSA) is 38.0 Å². The van der Waals surface area contributed by atoms with Gasteiger partial charge in [-0.3, -0.25) is 4.68 Å². The summed E-state index contributed by atoms with van der Waals surface area (Å²) in [6.07, 6.45) is 1.30. The maximum Gasteiger partial charge on any atom is 0.0938 e. The molecule has 0 aliphatic rings. The van der Waals surface area contributed by atoms with E-state index in [0.717, 1.165) is 27.8 Å². The lowest BCUT2D eigenvalue weighted by molar-refractivity contribution is 0.0555. The number of hydrogen-bond acceptors (Lipinski definition) is 2. The van der Waals surface area contributed by atoms with Crippen LogP contribution in [0.2, 0.25) is 5.02 Å². The van der Waals surface area contributed by atoms with Crippen molar-refractivity contribution in [3.05, 3.63) is 50.7 Å². The Bertz CT molecular complexity index is 622. The van der Waals surface area contributed by atoms with Gasteiger partial charge in [0.25, 0.3) is 0 Å². The van der Waals surface area contributed by atoms with E-state index in [-0.39, 0.29) is 0 Å². The summed E-state index contributed by atoms with van der Waals surface area (Å²) >= 11 is 9.77. The first-order valence-corrected chi connectivity index (χ1v) is 7.71. The first kappa shape index (κ1) is 15.5. The molecule has 20 heavy (non-hydrogen) atoms. The monoisotopic (exact) mass is 356 g/mol. The highest BCUT2D eigenvalue weighted by atomic mass is 79.9. The van der Waals surface area contributed by atoms with E-state index in [9.17, 15) is 5.11 Å². The van der Waals surface area contributed by atoms with Crippen LogP contribution in [0.15, 0.2) is 28.7 Å². The maximum absolute atomic E-state index is 10.8. The Kier molecular flexibility index (Phi) is 4.57. The van der Waals surface area contributed by atoms with Gasteiger partial charge in [-0.2, -0.15) is 5.10 Å². The van der Waals surface area contributed by atoms with Crippen molar-refractivity contribution in [3.63, 3.8) is 0 Å². The summed E-state index contributed by atoms with van der Waals surface area (Å²) < 4.78 is 2.78. The highest BCUT2D eigenvalue weighted by molar-refractivity contribution is 9.10. The van der Waals surface area contributed by atoms with E-state index in [1.807, 2.05) is 29.9 Å². The smallest absolute Gasteiger partial charge is 0.0938 e. The normalized spacial score (nSPS) is 14.3. The van der Waals surface area contributed by atoms with Gasteiger partial charge in [0.15, 0.2) is 0 Å². The molecular weight excluding hydrogens is 340 g/mol. The molecule has 0 amide bonds. The Balaban J connectivity index is 2.38. The lowest BCUT2D eigenvalue weighted by Crippen LogP contribution is -2.26. The summed E-state index contributed by atoms with van der Waals surface area (Å²) in [7, 11) is 1.89. The highest BCUT2D eigenvalue weighted by Crippen LogP contribution is 2.33. The van der Waals surface area contributed by atoms with Crippen LogP contribution in [0.25, 0.3) is 0 Å². The van der Waals surface area contributed by atoms with Gasteiger partial charge in [-0.1, -0.05) is 36.7 Å². The van der Waals surface area contributed by atoms with Crippen LogP contribution in [-0.4, -0.2) is 14.9 Å². The fourth-order valence-electron chi connectivity index (χ4n) is 2.33. The number of aromatic nitrogens is 2. The van der Waals surface area contributed by atoms with Crippen molar-refractivity contribution in [3.8, 4) is 0 Å². The molecule has 0 fully saturated rings. The van der Waals surface area contributed by atoms with Crippen LogP contribution in [0.1, 0.15) is 30.8 Å². The van der Waals surface area contributed by atoms with Gasteiger partial charge in [0.2, 0.25) is 0 Å². The van der Waals surface area contributed by atoms with Gasteiger partial charge < -0.3 is 5.11 Å². The van der Waals surface area contributed by atoms with Gasteiger partial charge in [0.1, 0.15) is 0 Å².